The quantitative estimate of drug-likeness (QED) is 0.498. The van der Waals surface area contributed by atoms with Gasteiger partial charge in [-0.25, -0.2) is 4.57 Å². The van der Waals surface area contributed by atoms with Crippen LogP contribution in [0.1, 0.15) is 23.6 Å². The minimum Gasteiger partial charge on any atom is -0.424 e. The summed E-state index contributed by atoms with van der Waals surface area (Å²) in [7, 11) is 0. The Morgan fingerprint density at radius 1 is 1.37 bits per heavy atom. The van der Waals surface area contributed by atoms with Crippen molar-refractivity contribution in [3.8, 4) is 11.8 Å². The molecule has 1 heterocycles. The van der Waals surface area contributed by atoms with Gasteiger partial charge in [0, 0.05) is 4.88 Å². The number of aryl methyl sites for hydroxylation is 1. The Morgan fingerprint density at radius 2 is 1.95 bits per heavy atom. The minimum atomic E-state index is -3.26. The minimum absolute atomic E-state index is 0.313. The van der Waals surface area contributed by atoms with Crippen molar-refractivity contribution in [3.63, 3.8) is 0 Å². The molecule has 9 heteroatoms. The van der Waals surface area contributed by atoms with Crippen molar-refractivity contribution < 1.29 is 17.5 Å². The van der Waals surface area contributed by atoms with Gasteiger partial charge in [-0.2, -0.15) is 5.26 Å². The molecule has 0 N–H and O–H groups in total. The fourth-order valence-corrected chi connectivity index (χ4v) is 5.91. The van der Waals surface area contributed by atoms with Crippen LogP contribution >= 0.6 is 40.4 Å². The molecule has 0 bridgehead atoms. The second kappa shape index (κ2) is 8.20. The maximum absolute atomic E-state index is 12.5. The van der Waals surface area contributed by atoms with E-state index >= 15 is 0 Å². The number of hydrogen-bond donors (Lipinski definition) is 0. The Labute approximate surface area is 125 Å². The van der Waals surface area contributed by atoms with E-state index in [1.807, 2.05) is 13.0 Å². The van der Waals surface area contributed by atoms with Crippen molar-refractivity contribution in [1.82, 2.24) is 0 Å². The molecule has 19 heavy (non-hydrogen) atoms. The molecule has 0 atom stereocenters. The van der Waals surface area contributed by atoms with Gasteiger partial charge in [-0.3, -0.25) is 0 Å². The topological polar surface area (TPSA) is 68.5 Å². The van der Waals surface area contributed by atoms with Gasteiger partial charge in [0.1, 0.15) is 34.3 Å². The van der Waals surface area contributed by atoms with Crippen LogP contribution in [0.3, 0.4) is 0 Å². The van der Waals surface area contributed by atoms with Crippen LogP contribution in [0.15, 0.2) is 6.07 Å². The van der Waals surface area contributed by atoms with Crippen molar-refractivity contribution in [2.75, 3.05) is 13.2 Å². The standard InChI is InChI=1S/C10H14NO4PS3/c1-4-13-18-16(12,19-14-5-2)15-9-6-8(3)17-10(9)7-11/h6H,4-5H2,1-3H3. The van der Waals surface area contributed by atoms with Crippen molar-refractivity contribution in [2.45, 2.75) is 20.8 Å². The first-order valence-corrected chi connectivity index (χ1v) is 10.6. The molecule has 1 aromatic heterocycles. The van der Waals surface area contributed by atoms with Crippen LogP contribution in [-0.4, -0.2) is 13.2 Å². The predicted octanol–water partition coefficient (Wildman–Crippen LogP) is 4.78. The average Bonchev–Trinajstić information content (AvgIpc) is 2.74. The lowest BCUT2D eigenvalue weighted by atomic mass is 10.4. The first kappa shape index (κ1) is 16.9. The number of nitrogens with zero attached hydrogens (tertiary/aromatic N) is 1. The van der Waals surface area contributed by atoms with Gasteiger partial charge in [-0.05, 0) is 26.8 Å². The van der Waals surface area contributed by atoms with Crippen LogP contribution in [0.25, 0.3) is 0 Å². The Morgan fingerprint density at radius 3 is 2.42 bits per heavy atom. The molecule has 0 fully saturated rings. The maximum Gasteiger partial charge on any atom is 0.412 e. The van der Waals surface area contributed by atoms with Crippen molar-refractivity contribution >= 4 is 40.4 Å². The van der Waals surface area contributed by atoms with Gasteiger partial charge in [-0.15, -0.1) is 11.3 Å². The van der Waals surface area contributed by atoms with E-state index < -0.39 is 5.77 Å². The van der Waals surface area contributed by atoms with Crippen molar-refractivity contribution in [2.24, 2.45) is 0 Å². The molecule has 0 aliphatic rings. The summed E-state index contributed by atoms with van der Waals surface area (Å²) in [6.07, 6.45) is 0. The van der Waals surface area contributed by atoms with Crippen molar-refractivity contribution in [1.29, 1.82) is 5.26 Å². The molecule has 0 spiro atoms. The fraction of sp³-hybridized carbons (Fsp3) is 0.500. The van der Waals surface area contributed by atoms with E-state index in [4.69, 9.17) is 18.2 Å². The van der Waals surface area contributed by atoms with E-state index in [1.54, 1.807) is 19.9 Å². The molecule has 0 aromatic carbocycles. The molecule has 0 aliphatic heterocycles. The van der Waals surface area contributed by atoms with Crippen LogP contribution in [0.5, 0.6) is 5.75 Å². The van der Waals surface area contributed by atoms with Gasteiger partial charge in [0.05, 0.1) is 13.2 Å². The third-order valence-electron chi connectivity index (χ3n) is 1.66. The highest BCUT2D eigenvalue weighted by Gasteiger charge is 2.31. The van der Waals surface area contributed by atoms with Crippen LogP contribution in [0, 0.1) is 18.3 Å². The third kappa shape index (κ3) is 5.38. The third-order valence-corrected chi connectivity index (χ3v) is 7.33. The van der Waals surface area contributed by atoms with Crippen LogP contribution < -0.4 is 4.52 Å². The number of thiophene rings is 1. The first-order valence-electron chi connectivity index (χ1n) is 5.47. The maximum atomic E-state index is 12.5. The highest BCUT2D eigenvalue weighted by molar-refractivity contribution is 8.87. The summed E-state index contributed by atoms with van der Waals surface area (Å²) in [6.45, 7) is 6.24. The molecule has 0 amide bonds. The molecule has 0 unspecified atom stereocenters. The van der Waals surface area contributed by atoms with Crippen molar-refractivity contribution in [3.05, 3.63) is 15.8 Å². The number of nitriles is 1. The Kier molecular flexibility index (Phi) is 7.29. The van der Waals surface area contributed by atoms with Gasteiger partial charge >= 0.3 is 5.77 Å². The lowest BCUT2D eigenvalue weighted by molar-refractivity contribution is 0.398. The number of rotatable bonds is 8. The second-order valence-corrected chi connectivity index (χ2v) is 10.7. The lowest BCUT2D eigenvalue weighted by Crippen LogP contribution is -1.90. The highest BCUT2D eigenvalue weighted by Crippen LogP contribution is 2.70. The van der Waals surface area contributed by atoms with Crippen LogP contribution in [0.4, 0.5) is 0 Å². The molecule has 0 aliphatic carbocycles. The van der Waals surface area contributed by atoms with Gasteiger partial charge in [-0.1, -0.05) is 0 Å². The Hall–Kier alpha value is -0.160. The van der Waals surface area contributed by atoms with Gasteiger partial charge < -0.3 is 12.9 Å². The molecule has 1 aromatic rings. The molecule has 0 saturated heterocycles. The SMILES string of the molecule is CCOSP(=O)(Oc1cc(C)sc1C#N)SOCC. The summed E-state index contributed by atoms with van der Waals surface area (Å²) in [5.41, 5.74) is 0. The van der Waals surface area contributed by atoms with E-state index in [0.29, 0.717) is 23.8 Å². The predicted molar refractivity (Wildman–Crippen MR) is 80.4 cm³/mol. The molecule has 5 nitrogen and oxygen atoms in total. The zero-order valence-corrected chi connectivity index (χ0v) is 14.1. The van der Waals surface area contributed by atoms with E-state index in [1.165, 1.54) is 11.3 Å². The van der Waals surface area contributed by atoms with Gasteiger partial charge in [0.25, 0.3) is 0 Å². The molecular formula is C10H14NO4PS3. The molecule has 0 saturated carbocycles. The lowest BCUT2D eigenvalue weighted by Gasteiger charge is -2.15. The monoisotopic (exact) mass is 339 g/mol. The summed E-state index contributed by atoms with van der Waals surface area (Å²) in [4.78, 5) is 1.31. The normalized spacial score (nSPS) is 11.3. The fourth-order valence-electron chi connectivity index (χ4n) is 1.03. The smallest absolute Gasteiger partial charge is 0.412 e. The summed E-state index contributed by atoms with van der Waals surface area (Å²) >= 11 is 2.80. The van der Waals surface area contributed by atoms with E-state index in [2.05, 4.69) is 0 Å². The second-order valence-electron chi connectivity index (χ2n) is 3.16. The van der Waals surface area contributed by atoms with Crippen LogP contribution in [0.2, 0.25) is 0 Å². The summed E-state index contributed by atoms with van der Waals surface area (Å²) in [5.74, 6) is -2.94. The molecular weight excluding hydrogens is 325 g/mol. The van der Waals surface area contributed by atoms with E-state index in [-0.39, 0.29) is 0 Å². The molecule has 0 radical (unpaired) electrons. The Balaban J connectivity index is 2.87. The van der Waals surface area contributed by atoms with Gasteiger partial charge in [0.15, 0.2) is 5.75 Å². The average molecular weight is 339 g/mol. The zero-order chi connectivity index (χ0) is 14.3. The summed E-state index contributed by atoms with van der Waals surface area (Å²) < 4.78 is 28.2. The van der Waals surface area contributed by atoms with E-state index in [0.717, 1.165) is 28.2 Å². The Bertz CT molecular complexity index is 487. The highest BCUT2D eigenvalue weighted by atomic mass is 33.1. The largest absolute Gasteiger partial charge is 0.424 e. The van der Waals surface area contributed by atoms with E-state index in [9.17, 15) is 4.57 Å². The summed E-state index contributed by atoms with van der Waals surface area (Å²) in [6, 6.07) is 3.71. The summed E-state index contributed by atoms with van der Waals surface area (Å²) in [5, 5.41) is 9.00. The first-order chi connectivity index (χ1) is 9.04. The molecule has 106 valence electrons. The van der Waals surface area contributed by atoms with Gasteiger partial charge in [0.2, 0.25) is 0 Å². The molecule has 1 rings (SSSR count). The van der Waals surface area contributed by atoms with Crippen LogP contribution in [-0.2, 0) is 12.9 Å². The number of hydrogen-bond acceptors (Lipinski definition) is 8. The zero-order valence-electron chi connectivity index (χ0n) is 10.7.